The molecule has 0 rings (SSSR count). The molecule has 94 valence electrons. The van der Waals surface area contributed by atoms with Crippen molar-refractivity contribution in [2.45, 2.75) is 26.4 Å². The first kappa shape index (κ1) is 14.8. The van der Waals surface area contributed by atoms with Crippen molar-refractivity contribution in [1.82, 2.24) is 10.2 Å². The van der Waals surface area contributed by atoms with Crippen molar-refractivity contribution < 1.29 is 9.53 Å². The maximum absolute atomic E-state index is 11.2. The second-order valence-electron chi connectivity index (χ2n) is 4.58. The number of likely N-dealkylation sites (N-methyl/N-ethyl adjacent to an activating group) is 1. The lowest BCUT2D eigenvalue weighted by molar-refractivity contribution is 0.0524. The minimum atomic E-state index is -0.475. The minimum Gasteiger partial charge on any atom is -0.444 e. The van der Waals surface area contributed by atoms with Crippen LogP contribution in [0.1, 0.15) is 20.8 Å². The number of nitroso groups, excluding NO2 is 1. The highest BCUT2D eigenvalue weighted by Crippen LogP contribution is 2.05. The van der Waals surface area contributed by atoms with Gasteiger partial charge in [0.2, 0.25) is 0 Å². The van der Waals surface area contributed by atoms with E-state index >= 15 is 0 Å². The Kier molecular flexibility index (Phi) is 6.64. The topological polar surface area (TPSA) is 71.0 Å². The van der Waals surface area contributed by atoms with E-state index < -0.39 is 11.7 Å². The van der Waals surface area contributed by atoms with E-state index in [0.717, 1.165) is 0 Å². The van der Waals surface area contributed by atoms with E-state index in [9.17, 15) is 9.70 Å². The van der Waals surface area contributed by atoms with E-state index in [0.29, 0.717) is 19.6 Å². The number of rotatable bonds is 6. The summed E-state index contributed by atoms with van der Waals surface area (Å²) in [6.45, 7) is 7.46. The highest BCUT2D eigenvalue weighted by molar-refractivity contribution is 5.67. The fraction of sp³-hybridized carbons (Fsp3) is 0.900. The van der Waals surface area contributed by atoms with E-state index in [1.165, 1.54) is 0 Å². The molecule has 0 heterocycles. The van der Waals surface area contributed by atoms with Crippen LogP contribution in [0, 0.1) is 4.91 Å². The highest BCUT2D eigenvalue weighted by atomic mass is 16.6. The molecule has 0 aliphatic carbocycles. The molecule has 0 saturated heterocycles. The zero-order valence-corrected chi connectivity index (χ0v) is 10.4. The summed E-state index contributed by atoms with van der Waals surface area (Å²) in [6, 6.07) is 0. The molecule has 0 fully saturated rings. The van der Waals surface area contributed by atoms with E-state index in [4.69, 9.17) is 4.74 Å². The van der Waals surface area contributed by atoms with Gasteiger partial charge < -0.3 is 15.0 Å². The Balaban J connectivity index is 3.58. The summed E-state index contributed by atoms with van der Waals surface area (Å²) >= 11 is 0. The first-order chi connectivity index (χ1) is 7.35. The maximum Gasteiger partial charge on any atom is 0.407 e. The van der Waals surface area contributed by atoms with Gasteiger partial charge >= 0.3 is 6.09 Å². The van der Waals surface area contributed by atoms with Crippen LogP contribution in [0.15, 0.2) is 5.18 Å². The number of alkyl carbamates (subject to hydrolysis) is 1. The van der Waals surface area contributed by atoms with E-state index in [1.54, 1.807) is 0 Å². The van der Waals surface area contributed by atoms with Crippen LogP contribution in [0.25, 0.3) is 0 Å². The second kappa shape index (κ2) is 7.16. The minimum absolute atomic E-state index is 0.267. The predicted octanol–water partition coefficient (Wildman–Crippen LogP) is 1.21. The summed E-state index contributed by atoms with van der Waals surface area (Å²) in [4.78, 5) is 23.0. The molecule has 0 saturated carbocycles. The van der Waals surface area contributed by atoms with Gasteiger partial charge in [-0.1, -0.05) is 5.18 Å². The number of ether oxygens (including phenoxy) is 1. The van der Waals surface area contributed by atoms with Crippen molar-refractivity contribution in [2.24, 2.45) is 5.18 Å². The van der Waals surface area contributed by atoms with Gasteiger partial charge in [0.1, 0.15) is 5.60 Å². The van der Waals surface area contributed by atoms with Crippen LogP contribution in [-0.2, 0) is 4.74 Å². The summed E-state index contributed by atoms with van der Waals surface area (Å²) < 4.78 is 5.06. The third-order valence-electron chi connectivity index (χ3n) is 1.73. The largest absolute Gasteiger partial charge is 0.444 e. The normalized spacial score (nSPS) is 11.3. The molecule has 0 aromatic rings. The van der Waals surface area contributed by atoms with Gasteiger partial charge in [0.15, 0.2) is 0 Å². The Bertz CT molecular complexity index is 226. The standard InChI is InChI=1S/C10H21N3O3/c1-10(2,3)16-9(14)11-5-7-13(4)8-6-12-15/h5-8H2,1-4H3,(H,11,14). The Morgan fingerprint density at radius 1 is 1.38 bits per heavy atom. The van der Waals surface area contributed by atoms with Crippen LogP contribution >= 0.6 is 0 Å². The van der Waals surface area contributed by atoms with Crippen molar-refractivity contribution in [3.05, 3.63) is 4.91 Å². The lowest BCUT2D eigenvalue weighted by Crippen LogP contribution is -2.37. The van der Waals surface area contributed by atoms with Crippen LogP contribution < -0.4 is 5.32 Å². The molecule has 0 spiro atoms. The monoisotopic (exact) mass is 231 g/mol. The van der Waals surface area contributed by atoms with Crippen LogP contribution in [0.3, 0.4) is 0 Å². The molecule has 1 N–H and O–H groups in total. The number of hydrogen-bond acceptors (Lipinski definition) is 5. The van der Waals surface area contributed by atoms with Gasteiger partial charge in [-0.15, -0.1) is 0 Å². The zero-order chi connectivity index (χ0) is 12.6. The molecule has 6 heteroatoms. The quantitative estimate of drug-likeness (QED) is 0.697. The Hall–Kier alpha value is -1.17. The Morgan fingerprint density at radius 2 is 2.00 bits per heavy atom. The number of nitrogens with zero attached hydrogens (tertiary/aromatic N) is 2. The van der Waals surface area contributed by atoms with Crippen LogP contribution in [-0.4, -0.2) is 49.8 Å². The van der Waals surface area contributed by atoms with Crippen molar-refractivity contribution >= 4 is 6.09 Å². The average Bonchev–Trinajstić information content (AvgIpc) is 2.11. The van der Waals surface area contributed by atoms with E-state index in [1.807, 2.05) is 32.7 Å². The van der Waals surface area contributed by atoms with Crippen molar-refractivity contribution in [1.29, 1.82) is 0 Å². The van der Waals surface area contributed by atoms with E-state index in [-0.39, 0.29) is 6.54 Å². The third kappa shape index (κ3) is 9.39. The fourth-order valence-corrected chi connectivity index (χ4v) is 0.986. The molecule has 0 aromatic carbocycles. The zero-order valence-electron chi connectivity index (χ0n) is 10.4. The number of nitrogens with one attached hydrogen (secondary N) is 1. The molecule has 0 radical (unpaired) electrons. The molecule has 0 aromatic heterocycles. The van der Waals surface area contributed by atoms with Gasteiger partial charge in [0.25, 0.3) is 0 Å². The molecule has 1 amide bonds. The predicted molar refractivity (Wildman–Crippen MR) is 62.4 cm³/mol. The summed E-state index contributed by atoms with van der Waals surface area (Å²) in [7, 11) is 1.86. The molecule has 6 nitrogen and oxygen atoms in total. The van der Waals surface area contributed by atoms with Gasteiger partial charge in [-0.05, 0) is 27.8 Å². The summed E-state index contributed by atoms with van der Waals surface area (Å²) in [6.07, 6.45) is -0.422. The maximum atomic E-state index is 11.2. The number of hydrogen-bond donors (Lipinski definition) is 1. The number of carbonyl (C=O) groups excluding carboxylic acids is 1. The molecule has 0 aliphatic heterocycles. The molecule has 0 aliphatic rings. The van der Waals surface area contributed by atoms with Gasteiger partial charge in [0.05, 0.1) is 6.54 Å². The van der Waals surface area contributed by atoms with Gasteiger partial charge in [-0.25, -0.2) is 4.79 Å². The summed E-state index contributed by atoms with van der Waals surface area (Å²) in [5.41, 5.74) is -0.475. The lowest BCUT2D eigenvalue weighted by Gasteiger charge is -2.20. The first-order valence-corrected chi connectivity index (χ1v) is 5.29. The van der Waals surface area contributed by atoms with Crippen LogP contribution in [0.2, 0.25) is 0 Å². The van der Waals surface area contributed by atoms with Gasteiger partial charge in [-0.2, -0.15) is 4.91 Å². The van der Waals surface area contributed by atoms with Crippen molar-refractivity contribution in [3.8, 4) is 0 Å². The number of carbonyl (C=O) groups is 1. The van der Waals surface area contributed by atoms with Crippen LogP contribution in [0.5, 0.6) is 0 Å². The molecule has 0 bridgehead atoms. The van der Waals surface area contributed by atoms with Gasteiger partial charge in [0, 0.05) is 19.6 Å². The molecular weight excluding hydrogens is 210 g/mol. The molecule has 16 heavy (non-hydrogen) atoms. The third-order valence-corrected chi connectivity index (χ3v) is 1.73. The second-order valence-corrected chi connectivity index (χ2v) is 4.58. The molecular formula is C10H21N3O3. The lowest BCUT2D eigenvalue weighted by atomic mass is 10.2. The summed E-state index contributed by atoms with van der Waals surface area (Å²) in [5.74, 6) is 0. The molecule has 0 unspecified atom stereocenters. The highest BCUT2D eigenvalue weighted by Gasteiger charge is 2.15. The van der Waals surface area contributed by atoms with E-state index in [2.05, 4.69) is 10.5 Å². The van der Waals surface area contributed by atoms with Crippen molar-refractivity contribution in [3.63, 3.8) is 0 Å². The molecule has 0 atom stereocenters. The fourth-order valence-electron chi connectivity index (χ4n) is 0.986. The Morgan fingerprint density at radius 3 is 2.50 bits per heavy atom. The SMILES string of the molecule is CN(CCN=O)CCNC(=O)OC(C)(C)C. The van der Waals surface area contributed by atoms with Crippen molar-refractivity contribution in [2.75, 3.05) is 33.2 Å². The smallest absolute Gasteiger partial charge is 0.407 e. The number of amides is 1. The van der Waals surface area contributed by atoms with Gasteiger partial charge in [-0.3, -0.25) is 0 Å². The first-order valence-electron chi connectivity index (χ1n) is 5.29. The Labute approximate surface area is 96.3 Å². The summed E-state index contributed by atoms with van der Waals surface area (Å²) in [5, 5.41) is 5.40. The average molecular weight is 231 g/mol. The van der Waals surface area contributed by atoms with Crippen LogP contribution in [0.4, 0.5) is 4.79 Å².